The van der Waals surface area contributed by atoms with E-state index in [0.717, 1.165) is 40.7 Å². The molecule has 1 aliphatic carbocycles. The predicted octanol–water partition coefficient (Wildman–Crippen LogP) is 7.21. The number of alkyl halides is 1. The van der Waals surface area contributed by atoms with Crippen LogP contribution in [0.4, 0.5) is 8.78 Å². The quantitative estimate of drug-likeness (QED) is 0.229. The van der Waals surface area contributed by atoms with Gasteiger partial charge in [0.05, 0.1) is 10.6 Å². The highest BCUT2D eigenvalue weighted by Gasteiger charge is 2.30. The van der Waals surface area contributed by atoms with E-state index in [9.17, 15) is 14.0 Å². The first-order valence-electron chi connectivity index (χ1n) is 13.2. The maximum absolute atomic E-state index is 14.6. The maximum atomic E-state index is 14.6. The third kappa shape index (κ3) is 5.38. The van der Waals surface area contributed by atoms with Crippen LogP contribution in [-0.4, -0.2) is 29.1 Å². The largest absolute Gasteiger partial charge is 0.488 e. The van der Waals surface area contributed by atoms with Gasteiger partial charge >= 0.3 is 0 Å². The summed E-state index contributed by atoms with van der Waals surface area (Å²) in [7, 11) is 0. The SMILES string of the molecule is N#Cc1cncc(COc2cc(O[C@H]3CCc4c(-c5ccccc5F)cccc43)c(Cl)cc2CN2CC(F)C2)c1. The lowest BCUT2D eigenvalue weighted by atomic mass is 9.96. The van der Waals surface area contributed by atoms with Gasteiger partial charge in [-0.05, 0) is 47.7 Å². The molecule has 3 aromatic carbocycles. The minimum atomic E-state index is -0.820. The summed E-state index contributed by atoms with van der Waals surface area (Å²) in [5, 5.41) is 9.63. The van der Waals surface area contributed by atoms with Crippen molar-refractivity contribution in [2.24, 2.45) is 0 Å². The zero-order valence-corrected chi connectivity index (χ0v) is 22.4. The van der Waals surface area contributed by atoms with Gasteiger partial charge in [0.2, 0.25) is 0 Å². The number of pyridine rings is 1. The summed E-state index contributed by atoms with van der Waals surface area (Å²) in [5.74, 6) is 0.797. The second kappa shape index (κ2) is 11.2. The molecule has 1 saturated heterocycles. The highest BCUT2D eigenvalue weighted by molar-refractivity contribution is 6.32. The van der Waals surface area contributed by atoms with Gasteiger partial charge < -0.3 is 9.47 Å². The van der Waals surface area contributed by atoms with Crippen LogP contribution in [0.15, 0.2) is 73.1 Å². The van der Waals surface area contributed by atoms with E-state index in [1.165, 1.54) is 12.3 Å². The van der Waals surface area contributed by atoms with Gasteiger partial charge in [0.25, 0.3) is 0 Å². The Morgan fingerprint density at radius 2 is 1.85 bits per heavy atom. The molecule has 4 aromatic rings. The van der Waals surface area contributed by atoms with Gasteiger partial charge in [-0.15, -0.1) is 0 Å². The Kier molecular flexibility index (Phi) is 7.38. The van der Waals surface area contributed by atoms with Gasteiger partial charge in [-0.25, -0.2) is 8.78 Å². The van der Waals surface area contributed by atoms with Gasteiger partial charge in [-0.1, -0.05) is 48.0 Å². The lowest BCUT2D eigenvalue weighted by Gasteiger charge is -2.34. The van der Waals surface area contributed by atoms with E-state index in [2.05, 4.69) is 11.1 Å². The van der Waals surface area contributed by atoms with Crippen molar-refractivity contribution in [1.29, 1.82) is 5.26 Å². The molecule has 0 radical (unpaired) electrons. The average molecular weight is 558 g/mol. The van der Waals surface area contributed by atoms with Crippen LogP contribution in [0.3, 0.4) is 0 Å². The number of likely N-dealkylation sites (tertiary alicyclic amines) is 1. The fourth-order valence-corrected chi connectivity index (χ4v) is 5.64. The number of rotatable bonds is 8. The lowest BCUT2D eigenvalue weighted by Crippen LogP contribution is -2.47. The molecule has 0 amide bonds. The molecule has 1 atom stereocenters. The average Bonchev–Trinajstić information content (AvgIpc) is 3.36. The first-order chi connectivity index (χ1) is 19.5. The van der Waals surface area contributed by atoms with Crippen LogP contribution < -0.4 is 9.47 Å². The van der Waals surface area contributed by atoms with Crippen molar-refractivity contribution in [3.63, 3.8) is 0 Å². The van der Waals surface area contributed by atoms with E-state index in [4.69, 9.17) is 21.1 Å². The molecule has 202 valence electrons. The number of hydrogen-bond acceptors (Lipinski definition) is 5. The van der Waals surface area contributed by atoms with Crippen molar-refractivity contribution in [3.05, 3.63) is 112 Å². The third-order valence-electron chi connectivity index (χ3n) is 7.39. The molecule has 1 aliphatic heterocycles. The Bertz CT molecular complexity index is 1600. The summed E-state index contributed by atoms with van der Waals surface area (Å²) in [6.07, 6.45) is 3.56. The Labute approximate surface area is 236 Å². The van der Waals surface area contributed by atoms with Crippen LogP contribution in [-0.2, 0) is 19.6 Å². The van der Waals surface area contributed by atoms with Crippen LogP contribution in [0.1, 0.15) is 40.3 Å². The van der Waals surface area contributed by atoms with Crippen LogP contribution in [0.25, 0.3) is 11.1 Å². The van der Waals surface area contributed by atoms with Crippen molar-refractivity contribution in [3.8, 4) is 28.7 Å². The van der Waals surface area contributed by atoms with Crippen molar-refractivity contribution >= 4 is 11.6 Å². The van der Waals surface area contributed by atoms with E-state index in [0.29, 0.717) is 47.3 Å². The fraction of sp³-hybridized carbons (Fsp3) is 0.250. The summed E-state index contributed by atoms with van der Waals surface area (Å²) >= 11 is 6.72. The first-order valence-corrected chi connectivity index (χ1v) is 13.6. The Balaban J connectivity index is 1.28. The highest BCUT2D eigenvalue weighted by Crippen LogP contribution is 2.43. The molecular formula is C32H26ClF2N3O2. The molecule has 1 aromatic heterocycles. The van der Waals surface area contributed by atoms with Crippen LogP contribution in [0.5, 0.6) is 11.5 Å². The molecule has 40 heavy (non-hydrogen) atoms. The lowest BCUT2D eigenvalue weighted by molar-refractivity contribution is 0.0581. The number of halogens is 3. The zero-order valence-electron chi connectivity index (χ0n) is 21.6. The first kappa shape index (κ1) is 26.2. The second-order valence-electron chi connectivity index (χ2n) is 10.2. The highest BCUT2D eigenvalue weighted by atomic mass is 35.5. The molecule has 5 nitrogen and oxygen atoms in total. The van der Waals surface area contributed by atoms with Gasteiger partial charge in [-0.3, -0.25) is 9.88 Å². The van der Waals surface area contributed by atoms with Crippen LogP contribution >= 0.6 is 11.6 Å². The maximum Gasteiger partial charge on any atom is 0.142 e. The number of hydrogen-bond donors (Lipinski definition) is 0. The van der Waals surface area contributed by atoms with Gasteiger partial charge in [0.1, 0.15) is 42.3 Å². The molecule has 0 spiro atoms. The van der Waals surface area contributed by atoms with Crippen LogP contribution in [0.2, 0.25) is 5.02 Å². The van der Waals surface area contributed by atoms with E-state index in [1.54, 1.807) is 30.5 Å². The molecule has 2 heterocycles. The summed E-state index contributed by atoms with van der Waals surface area (Å²) < 4.78 is 40.7. The number of ether oxygens (including phenoxy) is 2. The molecule has 2 aliphatic rings. The minimum absolute atomic E-state index is 0.195. The van der Waals surface area contributed by atoms with Gasteiger partial charge in [0.15, 0.2) is 0 Å². The topological polar surface area (TPSA) is 58.4 Å². The van der Waals surface area contributed by atoms with E-state index in [-0.39, 0.29) is 18.5 Å². The molecule has 1 fully saturated rings. The normalized spacial score (nSPS) is 16.7. The van der Waals surface area contributed by atoms with Crippen molar-refractivity contribution in [2.45, 2.75) is 38.3 Å². The van der Waals surface area contributed by atoms with Crippen molar-refractivity contribution in [1.82, 2.24) is 9.88 Å². The molecule has 8 heteroatoms. The monoisotopic (exact) mass is 557 g/mol. The smallest absolute Gasteiger partial charge is 0.142 e. The number of nitrogens with zero attached hydrogens (tertiary/aromatic N) is 3. The molecule has 0 unspecified atom stereocenters. The summed E-state index contributed by atoms with van der Waals surface area (Å²) in [6.45, 7) is 1.42. The molecular weight excluding hydrogens is 532 g/mol. The summed E-state index contributed by atoms with van der Waals surface area (Å²) in [4.78, 5) is 6.09. The number of nitriles is 1. The molecule has 0 N–H and O–H groups in total. The minimum Gasteiger partial charge on any atom is -0.488 e. The van der Waals surface area contributed by atoms with Crippen LogP contribution in [0, 0.1) is 17.1 Å². The summed E-state index contributed by atoms with van der Waals surface area (Å²) in [5.41, 5.74) is 5.56. The number of aromatic nitrogens is 1. The fourth-order valence-electron chi connectivity index (χ4n) is 5.41. The van der Waals surface area contributed by atoms with Gasteiger partial charge in [0, 0.05) is 54.8 Å². The summed E-state index contributed by atoms with van der Waals surface area (Å²) in [6, 6.07) is 20.1. The Morgan fingerprint density at radius 1 is 1.02 bits per heavy atom. The van der Waals surface area contributed by atoms with Gasteiger partial charge in [-0.2, -0.15) is 5.26 Å². The molecule has 0 saturated carbocycles. The zero-order chi connectivity index (χ0) is 27.6. The Morgan fingerprint density at radius 3 is 2.65 bits per heavy atom. The van der Waals surface area contributed by atoms with Crippen molar-refractivity contribution < 1.29 is 18.3 Å². The van der Waals surface area contributed by atoms with E-state index in [1.807, 2.05) is 35.2 Å². The number of benzene rings is 3. The predicted molar refractivity (Wildman–Crippen MR) is 148 cm³/mol. The molecule has 6 rings (SSSR count). The Hall–Kier alpha value is -3.99. The van der Waals surface area contributed by atoms with E-state index < -0.39 is 6.17 Å². The van der Waals surface area contributed by atoms with Crippen molar-refractivity contribution in [2.75, 3.05) is 13.1 Å². The molecule has 0 bridgehead atoms. The van der Waals surface area contributed by atoms with E-state index >= 15 is 0 Å². The second-order valence-corrected chi connectivity index (χ2v) is 10.6. The standard InChI is InChI=1S/C32H26ClF2N3O2/c33-28-11-22(16-38-17-23(34)18-38)31(39-19-21-10-20(13-36)14-37-15-21)12-32(28)40-30-9-8-25-24(5-3-6-27(25)30)26-4-1-2-7-29(26)35/h1-7,10-12,14-15,23,30H,8-9,16-19H2/t30-/m0/s1. The number of fused-ring (bicyclic) bond motifs is 1. The third-order valence-corrected chi connectivity index (χ3v) is 7.68.